The summed E-state index contributed by atoms with van der Waals surface area (Å²) in [5.74, 6) is 6.57. The van der Waals surface area contributed by atoms with Gasteiger partial charge >= 0.3 is 0 Å². The highest BCUT2D eigenvalue weighted by Crippen LogP contribution is 2.31. The van der Waals surface area contributed by atoms with Crippen molar-refractivity contribution in [3.05, 3.63) is 92.1 Å². The standard InChI is InChI=1S/C24H22Cl2N2S/c25-21-9-5-19(6-10-21)24(20-7-11-22(26)12-8-20)28-16-14-27(15-17-28)13-1-3-23-4-2-18-29-23/h2,4-12,18,24H,13-17H2. The average molecular weight is 441 g/mol. The lowest BCUT2D eigenvalue weighted by atomic mass is 9.96. The molecule has 1 aliphatic heterocycles. The molecule has 0 N–H and O–H groups in total. The molecule has 1 aromatic heterocycles. The first-order chi connectivity index (χ1) is 14.2. The fourth-order valence-electron chi connectivity index (χ4n) is 3.67. The van der Waals surface area contributed by atoms with E-state index in [2.05, 4.69) is 57.4 Å². The van der Waals surface area contributed by atoms with Gasteiger partial charge in [-0.1, -0.05) is 65.4 Å². The Labute approximate surface area is 186 Å². The van der Waals surface area contributed by atoms with Crippen molar-refractivity contribution in [3.8, 4) is 11.8 Å². The maximum Gasteiger partial charge on any atom is 0.0768 e. The number of piperazine rings is 1. The average Bonchev–Trinajstić information content (AvgIpc) is 3.26. The van der Waals surface area contributed by atoms with Gasteiger partial charge < -0.3 is 0 Å². The van der Waals surface area contributed by atoms with E-state index in [4.69, 9.17) is 23.2 Å². The third kappa shape index (κ3) is 5.42. The van der Waals surface area contributed by atoms with Crippen molar-refractivity contribution in [2.75, 3.05) is 32.7 Å². The molecule has 2 aromatic carbocycles. The Morgan fingerprint density at radius 2 is 1.41 bits per heavy atom. The summed E-state index contributed by atoms with van der Waals surface area (Å²) in [5, 5.41) is 3.59. The highest BCUT2D eigenvalue weighted by atomic mass is 35.5. The maximum atomic E-state index is 6.12. The number of rotatable bonds is 4. The number of nitrogens with zero attached hydrogens (tertiary/aromatic N) is 2. The fraction of sp³-hybridized carbons (Fsp3) is 0.250. The van der Waals surface area contributed by atoms with Crippen molar-refractivity contribution < 1.29 is 0 Å². The fourth-order valence-corrected chi connectivity index (χ4v) is 4.52. The Balaban J connectivity index is 1.46. The molecule has 0 amide bonds. The van der Waals surface area contributed by atoms with Crippen LogP contribution < -0.4 is 0 Å². The van der Waals surface area contributed by atoms with Crippen LogP contribution in [0.5, 0.6) is 0 Å². The van der Waals surface area contributed by atoms with Gasteiger partial charge in [0.25, 0.3) is 0 Å². The van der Waals surface area contributed by atoms with Gasteiger partial charge in [0.05, 0.1) is 17.5 Å². The van der Waals surface area contributed by atoms with Crippen LogP contribution in [0.4, 0.5) is 0 Å². The molecular weight excluding hydrogens is 419 g/mol. The van der Waals surface area contributed by atoms with E-state index in [1.54, 1.807) is 11.3 Å². The highest BCUT2D eigenvalue weighted by Gasteiger charge is 2.26. The van der Waals surface area contributed by atoms with E-state index in [-0.39, 0.29) is 6.04 Å². The predicted molar refractivity (Wildman–Crippen MR) is 124 cm³/mol. The molecule has 0 spiro atoms. The Kier molecular flexibility index (Phi) is 6.92. The Morgan fingerprint density at radius 3 is 1.93 bits per heavy atom. The van der Waals surface area contributed by atoms with E-state index < -0.39 is 0 Å². The van der Waals surface area contributed by atoms with Gasteiger partial charge in [-0.3, -0.25) is 9.80 Å². The number of hydrogen-bond acceptors (Lipinski definition) is 3. The van der Waals surface area contributed by atoms with E-state index in [9.17, 15) is 0 Å². The number of halogens is 2. The quantitative estimate of drug-likeness (QED) is 0.471. The maximum absolute atomic E-state index is 6.12. The van der Waals surface area contributed by atoms with E-state index in [0.717, 1.165) is 47.6 Å². The van der Waals surface area contributed by atoms with Crippen LogP contribution in [-0.4, -0.2) is 42.5 Å². The van der Waals surface area contributed by atoms with Crippen molar-refractivity contribution in [1.29, 1.82) is 0 Å². The van der Waals surface area contributed by atoms with Gasteiger partial charge in [-0.25, -0.2) is 0 Å². The Bertz CT molecular complexity index is 919. The van der Waals surface area contributed by atoms with E-state index in [1.165, 1.54) is 11.1 Å². The Hall–Kier alpha value is -1.80. The minimum Gasteiger partial charge on any atom is -0.290 e. The molecule has 3 aromatic rings. The summed E-state index contributed by atoms with van der Waals surface area (Å²) in [5.41, 5.74) is 2.50. The van der Waals surface area contributed by atoms with Gasteiger partial charge in [-0.15, -0.1) is 11.3 Å². The molecule has 2 heterocycles. The van der Waals surface area contributed by atoms with E-state index in [1.807, 2.05) is 30.3 Å². The molecule has 1 saturated heterocycles. The predicted octanol–water partition coefficient (Wildman–Crippen LogP) is 5.81. The van der Waals surface area contributed by atoms with Crippen molar-refractivity contribution in [1.82, 2.24) is 9.80 Å². The molecule has 148 valence electrons. The molecule has 1 fully saturated rings. The van der Waals surface area contributed by atoms with Crippen molar-refractivity contribution in [3.63, 3.8) is 0 Å². The van der Waals surface area contributed by atoms with Crippen molar-refractivity contribution in [2.45, 2.75) is 6.04 Å². The molecule has 1 aliphatic rings. The smallest absolute Gasteiger partial charge is 0.0768 e. The van der Waals surface area contributed by atoms with Gasteiger partial charge in [0.1, 0.15) is 0 Å². The molecule has 29 heavy (non-hydrogen) atoms. The lowest BCUT2D eigenvalue weighted by Gasteiger charge is -2.39. The van der Waals surface area contributed by atoms with Crippen LogP contribution in [0, 0.1) is 11.8 Å². The normalized spacial score (nSPS) is 15.3. The Morgan fingerprint density at radius 1 is 0.828 bits per heavy atom. The molecular formula is C24H22Cl2N2S. The van der Waals surface area contributed by atoms with Crippen LogP contribution in [0.2, 0.25) is 10.0 Å². The monoisotopic (exact) mass is 440 g/mol. The number of hydrogen-bond donors (Lipinski definition) is 0. The lowest BCUT2D eigenvalue weighted by molar-refractivity contribution is 0.119. The summed E-state index contributed by atoms with van der Waals surface area (Å²) >= 11 is 13.9. The number of benzene rings is 2. The van der Waals surface area contributed by atoms with Crippen molar-refractivity contribution in [2.24, 2.45) is 0 Å². The largest absolute Gasteiger partial charge is 0.290 e. The molecule has 4 rings (SSSR count). The summed E-state index contributed by atoms with van der Waals surface area (Å²) in [6.07, 6.45) is 0. The second kappa shape index (κ2) is 9.80. The molecule has 0 atom stereocenters. The molecule has 0 radical (unpaired) electrons. The summed E-state index contributed by atoms with van der Waals surface area (Å²) in [7, 11) is 0. The van der Waals surface area contributed by atoms with E-state index >= 15 is 0 Å². The molecule has 0 saturated carbocycles. The van der Waals surface area contributed by atoms with Gasteiger partial charge in [0.2, 0.25) is 0 Å². The van der Waals surface area contributed by atoms with Gasteiger partial charge in [-0.05, 0) is 46.8 Å². The van der Waals surface area contributed by atoms with Gasteiger partial charge in [0, 0.05) is 36.2 Å². The second-order valence-corrected chi connectivity index (χ2v) is 8.92. The minimum atomic E-state index is 0.198. The molecule has 0 bridgehead atoms. The third-order valence-electron chi connectivity index (χ3n) is 5.18. The second-order valence-electron chi connectivity index (χ2n) is 7.10. The summed E-state index contributed by atoms with van der Waals surface area (Å²) in [4.78, 5) is 6.10. The summed E-state index contributed by atoms with van der Waals surface area (Å²) in [6, 6.07) is 20.7. The van der Waals surface area contributed by atoms with Crippen LogP contribution in [0.3, 0.4) is 0 Å². The van der Waals surface area contributed by atoms with Crippen LogP contribution in [0.1, 0.15) is 22.0 Å². The van der Waals surface area contributed by atoms with Gasteiger partial charge in [-0.2, -0.15) is 0 Å². The first-order valence-electron chi connectivity index (χ1n) is 9.69. The topological polar surface area (TPSA) is 6.48 Å². The first kappa shape index (κ1) is 20.5. The zero-order valence-corrected chi connectivity index (χ0v) is 18.4. The highest BCUT2D eigenvalue weighted by molar-refractivity contribution is 7.10. The summed E-state index contributed by atoms with van der Waals surface area (Å²) < 4.78 is 0. The van der Waals surface area contributed by atoms with Crippen LogP contribution in [-0.2, 0) is 0 Å². The first-order valence-corrected chi connectivity index (χ1v) is 11.3. The number of thiophene rings is 1. The zero-order chi connectivity index (χ0) is 20.1. The van der Waals surface area contributed by atoms with Crippen LogP contribution >= 0.6 is 34.5 Å². The lowest BCUT2D eigenvalue weighted by Crippen LogP contribution is -2.47. The summed E-state index contributed by atoms with van der Waals surface area (Å²) in [6.45, 7) is 4.83. The SMILES string of the molecule is Clc1ccc(C(c2ccc(Cl)cc2)N2CCN(CC#Cc3cccs3)CC2)cc1. The van der Waals surface area contributed by atoms with Crippen LogP contribution in [0.25, 0.3) is 0 Å². The van der Waals surface area contributed by atoms with Crippen molar-refractivity contribution >= 4 is 34.5 Å². The molecule has 5 heteroatoms. The third-order valence-corrected chi connectivity index (χ3v) is 6.47. The van der Waals surface area contributed by atoms with Crippen LogP contribution in [0.15, 0.2) is 66.0 Å². The molecule has 0 unspecified atom stereocenters. The van der Waals surface area contributed by atoms with E-state index in [0.29, 0.717) is 0 Å². The zero-order valence-electron chi connectivity index (χ0n) is 16.0. The minimum absolute atomic E-state index is 0.198. The molecule has 0 aliphatic carbocycles. The van der Waals surface area contributed by atoms with Gasteiger partial charge in [0.15, 0.2) is 0 Å². The molecule has 2 nitrogen and oxygen atoms in total.